The second-order valence-electron chi connectivity index (χ2n) is 17.3. The standard InChI is InChI=1S/C11H21N.C10H19N.C9H17NO.2C4H10.5C2H6/c1-7(2)11-9-5-12(8(3)4)6-10(9)11;1-8(2)11-6-9-4-3-5-10(9)7-11;1-7(2)10-3-8-5-11-6-9(8)4-10;2*1-4(2)3;5*1-2/h7-11H,5-6H2,1-4H3;8-10H,3-7H2,1-2H3;7-9H,3-6H2,1-2H3;2*4H,1-3H3;5*1-2H3. The summed E-state index contributed by atoms with van der Waals surface area (Å²) in [5.41, 5.74) is 0. The van der Waals surface area contributed by atoms with E-state index < -0.39 is 0 Å². The van der Waals surface area contributed by atoms with Crippen LogP contribution in [0.1, 0.15) is 185 Å². The van der Waals surface area contributed by atoms with Gasteiger partial charge in [0.1, 0.15) is 0 Å². The predicted octanol–water partition coefficient (Wildman–Crippen LogP) is 13.8. The van der Waals surface area contributed by atoms with Crippen LogP contribution in [0.25, 0.3) is 0 Å². The van der Waals surface area contributed by atoms with Gasteiger partial charge in [-0.15, -0.1) is 0 Å². The minimum absolute atomic E-state index is 0.723. The molecule has 2 saturated carbocycles. The van der Waals surface area contributed by atoms with E-state index in [1.54, 1.807) is 0 Å². The van der Waals surface area contributed by atoms with Gasteiger partial charge in [-0.3, -0.25) is 0 Å². The quantitative estimate of drug-likeness (QED) is 0.286. The first kappa shape index (κ1) is 58.5. The molecule has 320 valence electrons. The molecule has 0 N–H and O–H groups in total. The fourth-order valence-corrected chi connectivity index (χ4v) is 7.85. The third-order valence-corrected chi connectivity index (χ3v) is 10.3. The molecule has 52 heavy (non-hydrogen) atoms. The Morgan fingerprint density at radius 3 is 0.885 bits per heavy atom. The highest BCUT2D eigenvalue weighted by Crippen LogP contribution is 2.55. The molecule has 4 aliphatic heterocycles. The van der Waals surface area contributed by atoms with Gasteiger partial charge in [0.15, 0.2) is 0 Å². The summed E-state index contributed by atoms with van der Waals surface area (Å²) in [5, 5.41) is 0. The van der Waals surface area contributed by atoms with E-state index in [-0.39, 0.29) is 0 Å². The zero-order valence-electron chi connectivity index (χ0n) is 41.0. The highest BCUT2D eigenvalue weighted by atomic mass is 16.5. The fraction of sp³-hybridized carbons (Fsp3) is 1.00. The van der Waals surface area contributed by atoms with Gasteiger partial charge in [-0.25, -0.2) is 0 Å². The number of hydrogen-bond donors (Lipinski definition) is 0. The van der Waals surface area contributed by atoms with Crippen molar-refractivity contribution in [3.05, 3.63) is 0 Å². The van der Waals surface area contributed by atoms with Crippen LogP contribution in [0.2, 0.25) is 0 Å². The minimum Gasteiger partial charge on any atom is -0.381 e. The van der Waals surface area contributed by atoms with E-state index in [9.17, 15) is 0 Å². The fourth-order valence-electron chi connectivity index (χ4n) is 7.85. The van der Waals surface area contributed by atoms with Gasteiger partial charge >= 0.3 is 0 Å². The van der Waals surface area contributed by atoms with E-state index in [2.05, 4.69) is 112 Å². The molecule has 2 aliphatic carbocycles. The number of likely N-dealkylation sites (tertiary alicyclic amines) is 3. The highest BCUT2D eigenvalue weighted by molar-refractivity contribution is 5.06. The Balaban J connectivity index is -0.000000272. The van der Waals surface area contributed by atoms with Gasteiger partial charge in [0.2, 0.25) is 0 Å². The lowest BCUT2D eigenvalue weighted by Crippen LogP contribution is -2.31. The van der Waals surface area contributed by atoms with E-state index in [0.717, 1.165) is 90.5 Å². The first-order valence-corrected chi connectivity index (χ1v) is 23.4. The number of rotatable bonds is 4. The summed E-state index contributed by atoms with van der Waals surface area (Å²) in [4.78, 5) is 7.85. The zero-order valence-corrected chi connectivity index (χ0v) is 41.0. The highest BCUT2D eigenvalue weighted by Gasteiger charge is 2.56. The molecule has 6 atom stereocenters. The zero-order chi connectivity index (χ0) is 41.7. The Hall–Kier alpha value is -0.160. The van der Waals surface area contributed by atoms with Crippen LogP contribution in [-0.2, 0) is 4.74 Å². The van der Waals surface area contributed by atoms with Crippen molar-refractivity contribution in [3.63, 3.8) is 0 Å². The summed E-state index contributed by atoms with van der Waals surface area (Å²) in [5.74, 6) is 9.61. The van der Waals surface area contributed by atoms with Crippen LogP contribution in [-0.4, -0.2) is 85.3 Å². The average molecular weight is 742 g/mol. The number of hydrogen-bond acceptors (Lipinski definition) is 4. The van der Waals surface area contributed by atoms with Gasteiger partial charge in [0.05, 0.1) is 13.2 Å². The summed E-state index contributed by atoms with van der Waals surface area (Å²) in [6.45, 7) is 61.7. The Labute approximate surface area is 333 Å². The van der Waals surface area contributed by atoms with E-state index in [1.165, 1.54) is 58.5 Å². The smallest absolute Gasteiger partial charge is 0.0510 e. The normalized spacial score (nSPS) is 27.7. The molecule has 4 nitrogen and oxygen atoms in total. The van der Waals surface area contributed by atoms with Gasteiger partial charge in [-0.1, -0.05) is 131 Å². The van der Waals surface area contributed by atoms with Crippen LogP contribution in [0.4, 0.5) is 0 Å². The molecule has 4 heteroatoms. The number of ether oxygens (including phenoxy) is 1. The van der Waals surface area contributed by atoms with Crippen molar-refractivity contribution in [1.29, 1.82) is 0 Å². The molecule has 6 unspecified atom stereocenters. The Kier molecular flexibility index (Phi) is 39.7. The van der Waals surface area contributed by atoms with Crippen molar-refractivity contribution in [2.45, 2.75) is 204 Å². The molecule has 0 bridgehead atoms. The number of fused-ring (bicyclic) bond motifs is 3. The summed E-state index contributed by atoms with van der Waals surface area (Å²) in [6, 6.07) is 2.27. The summed E-state index contributed by atoms with van der Waals surface area (Å²) in [7, 11) is 0. The SMILES string of the molecule is CC.CC.CC.CC.CC.CC(C)C.CC(C)C.CC(C)C1C2CN(C(C)C)CC21.CC(C)N1CC2CCCC2C1.CC(C)N1CC2COCC2C1. The Morgan fingerprint density at radius 2 is 0.635 bits per heavy atom. The molecule has 6 fully saturated rings. The third kappa shape index (κ3) is 24.4. The van der Waals surface area contributed by atoms with Crippen LogP contribution < -0.4 is 0 Å². The summed E-state index contributed by atoms with van der Waals surface area (Å²) < 4.78 is 5.41. The number of nitrogens with zero attached hydrogens (tertiary/aromatic N) is 3. The van der Waals surface area contributed by atoms with Crippen LogP contribution >= 0.6 is 0 Å². The van der Waals surface area contributed by atoms with Crippen LogP contribution in [0.15, 0.2) is 0 Å². The van der Waals surface area contributed by atoms with E-state index in [4.69, 9.17) is 4.74 Å². The summed E-state index contributed by atoms with van der Waals surface area (Å²) >= 11 is 0. The third-order valence-electron chi connectivity index (χ3n) is 10.3. The molecule has 0 aromatic carbocycles. The maximum atomic E-state index is 5.41. The molecule has 0 amide bonds. The van der Waals surface area contributed by atoms with Gasteiger partial charge in [0.25, 0.3) is 0 Å². The molecule has 0 spiro atoms. The molecule has 6 aliphatic rings. The van der Waals surface area contributed by atoms with Gasteiger partial charge < -0.3 is 19.4 Å². The Bertz CT molecular complexity index is 633. The van der Waals surface area contributed by atoms with Crippen molar-refractivity contribution in [1.82, 2.24) is 14.7 Å². The van der Waals surface area contributed by atoms with E-state index >= 15 is 0 Å². The molecule has 0 aromatic heterocycles. The lowest BCUT2D eigenvalue weighted by Gasteiger charge is -2.24. The molecule has 4 saturated heterocycles. The maximum Gasteiger partial charge on any atom is 0.0510 e. The second kappa shape index (κ2) is 35.3. The van der Waals surface area contributed by atoms with E-state index in [0.29, 0.717) is 0 Å². The first-order chi connectivity index (χ1) is 24.6. The van der Waals surface area contributed by atoms with Gasteiger partial charge in [0, 0.05) is 69.2 Å². The van der Waals surface area contributed by atoms with Crippen molar-refractivity contribution in [3.8, 4) is 0 Å². The molecular formula is C48H107N3O. The van der Waals surface area contributed by atoms with E-state index in [1.807, 2.05) is 69.2 Å². The van der Waals surface area contributed by atoms with Crippen LogP contribution in [0.3, 0.4) is 0 Å². The Morgan fingerprint density at radius 1 is 0.385 bits per heavy atom. The van der Waals surface area contributed by atoms with Gasteiger partial charge in [-0.05, 0) is 102 Å². The van der Waals surface area contributed by atoms with Crippen LogP contribution in [0, 0.1) is 59.2 Å². The first-order valence-electron chi connectivity index (χ1n) is 23.4. The van der Waals surface area contributed by atoms with Gasteiger partial charge in [-0.2, -0.15) is 0 Å². The second-order valence-corrected chi connectivity index (χ2v) is 17.3. The average Bonchev–Trinajstić information content (AvgIpc) is 3.77. The monoisotopic (exact) mass is 742 g/mol. The lowest BCUT2D eigenvalue weighted by molar-refractivity contribution is 0.145. The minimum atomic E-state index is 0.723. The van der Waals surface area contributed by atoms with Crippen molar-refractivity contribution in [2.24, 2.45) is 59.2 Å². The predicted molar refractivity (Wildman–Crippen MR) is 242 cm³/mol. The largest absolute Gasteiger partial charge is 0.381 e. The molecule has 6 rings (SSSR count). The maximum absolute atomic E-state index is 5.41. The number of piperidine rings is 1. The topological polar surface area (TPSA) is 19.0 Å². The molecule has 0 aromatic rings. The van der Waals surface area contributed by atoms with Crippen molar-refractivity contribution < 1.29 is 4.74 Å². The molecular weight excluding hydrogens is 635 g/mol. The van der Waals surface area contributed by atoms with Crippen molar-refractivity contribution >= 4 is 0 Å². The van der Waals surface area contributed by atoms with Crippen molar-refractivity contribution in [2.75, 3.05) is 52.5 Å². The molecule has 4 heterocycles. The summed E-state index contributed by atoms with van der Waals surface area (Å²) in [6.07, 6.45) is 4.52. The molecule has 0 radical (unpaired) electrons. The lowest BCUT2D eigenvalue weighted by atomic mass is 10.0. The van der Waals surface area contributed by atoms with Crippen LogP contribution in [0.5, 0.6) is 0 Å².